The van der Waals surface area contributed by atoms with Gasteiger partial charge in [-0.3, -0.25) is 9.59 Å². The van der Waals surface area contributed by atoms with Crippen molar-refractivity contribution >= 4 is 17.6 Å². The minimum absolute atomic E-state index is 0.0404. The number of ether oxygens (including phenoxy) is 1. The topological polar surface area (TPSA) is 78.9 Å². The molecule has 0 spiro atoms. The van der Waals surface area contributed by atoms with Gasteiger partial charge in [-0.1, -0.05) is 35.9 Å². The Morgan fingerprint density at radius 1 is 0.973 bits per heavy atom. The molecular weight excluding hydrogens is 466 g/mol. The van der Waals surface area contributed by atoms with Crippen molar-refractivity contribution in [3.63, 3.8) is 0 Å². The SMILES string of the molecule is COc1cccc(C(=O)N(CC(=O)N2CCCN(c3ccc(-c4ccc(C)cc4)nn3)CC2)C(C)C)c1. The van der Waals surface area contributed by atoms with Crippen LogP contribution in [0.25, 0.3) is 11.3 Å². The van der Waals surface area contributed by atoms with Gasteiger partial charge in [0.1, 0.15) is 12.3 Å². The molecule has 0 atom stereocenters. The van der Waals surface area contributed by atoms with Crippen molar-refractivity contribution < 1.29 is 14.3 Å². The zero-order chi connectivity index (χ0) is 26.4. The average Bonchev–Trinajstić information content (AvgIpc) is 3.18. The van der Waals surface area contributed by atoms with E-state index in [-0.39, 0.29) is 24.4 Å². The summed E-state index contributed by atoms with van der Waals surface area (Å²) in [7, 11) is 1.57. The first kappa shape index (κ1) is 26.1. The second-order valence-electron chi connectivity index (χ2n) is 9.62. The lowest BCUT2D eigenvalue weighted by atomic mass is 10.1. The van der Waals surface area contributed by atoms with Crippen LogP contribution in [0.3, 0.4) is 0 Å². The molecule has 0 radical (unpaired) electrons. The molecule has 0 unspecified atom stereocenters. The van der Waals surface area contributed by atoms with E-state index in [9.17, 15) is 9.59 Å². The van der Waals surface area contributed by atoms with Crippen LogP contribution in [0.4, 0.5) is 5.82 Å². The lowest BCUT2D eigenvalue weighted by Crippen LogP contribution is -2.46. The van der Waals surface area contributed by atoms with Gasteiger partial charge in [-0.15, -0.1) is 10.2 Å². The molecule has 1 aliphatic heterocycles. The summed E-state index contributed by atoms with van der Waals surface area (Å²) in [6.07, 6.45) is 0.818. The number of methoxy groups -OCH3 is 1. The summed E-state index contributed by atoms with van der Waals surface area (Å²) in [4.78, 5) is 32.1. The molecule has 0 saturated carbocycles. The molecule has 0 N–H and O–H groups in total. The Kier molecular flexibility index (Phi) is 8.38. The number of hydrogen-bond donors (Lipinski definition) is 0. The summed E-state index contributed by atoms with van der Waals surface area (Å²) in [5.74, 6) is 1.20. The lowest BCUT2D eigenvalue weighted by Gasteiger charge is -2.29. The minimum atomic E-state index is -0.178. The molecule has 1 fully saturated rings. The van der Waals surface area contributed by atoms with Gasteiger partial charge in [-0.05, 0) is 57.5 Å². The number of amides is 2. The highest BCUT2D eigenvalue weighted by Crippen LogP contribution is 2.20. The number of aromatic nitrogens is 2. The van der Waals surface area contributed by atoms with Gasteiger partial charge in [0.25, 0.3) is 5.91 Å². The number of carbonyl (C=O) groups is 2. The van der Waals surface area contributed by atoms with E-state index < -0.39 is 0 Å². The van der Waals surface area contributed by atoms with E-state index in [1.807, 2.05) is 43.0 Å². The normalized spacial score (nSPS) is 13.9. The first-order valence-corrected chi connectivity index (χ1v) is 12.7. The van der Waals surface area contributed by atoms with E-state index in [1.54, 1.807) is 36.3 Å². The van der Waals surface area contributed by atoms with E-state index in [0.29, 0.717) is 30.9 Å². The zero-order valence-electron chi connectivity index (χ0n) is 22.1. The van der Waals surface area contributed by atoms with Crippen LogP contribution in [0.2, 0.25) is 0 Å². The number of aryl methyl sites for hydroxylation is 1. The molecule has 1 aromatic heterocycles. The maximum absolute atomic E-state index is 13.3. The first-order chi connectivity index (χ1) is 17.9. The molecule has 8 heteroatoms. The third-order valence-electron chi connectivity index (χ3n) is 6.68. The quantitative estimate of drug-likeness (QED) is 0.486. The van der Waals surface area contributed by atoms with Gasteiger partial charge in [0.15, 0.2) is 5.82 Å². The second kappa shape index (κ2) is 11.9. The van der Waals surface area contributed by atoms with Gasteiger partial charge in [0.05, 0.1) is 12.8 Å². The molecule has 2 aromatic carbocycles. The average molecular weight is 502 g/mol. The highest BCUT2D eigenvalue weighted by molar-refractivity contribution is 5.97. The monoisotopic (exact) mass is 501 g/mol. The van der Waals surface area contributed by atoms with Gasteiger partial charge in [-0.25, -0.2) is 0 Å². The molecule has 2 amide bonds. The molecule has 2 heterocycles. The van der Waals surface area contributed by atoms with Crippen LogP contribution in [-0.4, -0.2) is 77.7 Å². The second-order valence-corrected chi connectivity index (χ2v) is 9.62. The minimum Gasteiger partial charge on any atom is -0.497 e. The Morgan fingerprint density at radius 2 is 1.76 bits per heavy atom. The molecule has 0 bridgehead atoms. The number of benzene rings is 2. The summed E-state index contributed by atoms with van der Waals surface area (Å²) in [5, 5.41) is 8.90. The van der Waals surface area contributed by atoms with Crippen molar-refractivity contribution in [2.24, 2.45) is 0 Å². The number of carbonyl (C=O) groups excluding carboxylic acids is 2. The Labute approximate surface area is 218 Å². The summed E-state index contributed by atoms with van der Waals surface area (Å²) >= 11 is 0. The van der Waals surface area contributed by atoms with Crippen molar-refractivity contribution in [1.29, 1.82) is 0 Å². The molecule has 4 rings (SSSR count). The Morgan fingerprint density at radius 3 is 2.43 bits per heavy atom. The van der Waals surface area contributed by atoms with E-state index >= 15 is 0 Å². The largest absolute Gasteiger partial charge is 0.497 e. The van der Waals surface area contributed by atoms with E-state index in [1.165, 1.54) is 5.56 Å². The highest BCUT2D eigenvalue weighted by atomic mass is 16.5. The standard InChI is InChI=1S/C29H35N5O3/c1-21(2)34(29(36)24-7-5-8-25(19-24)37-4)20-28(35)33-16-6-15-32(17-18-33)27-14-13-26(30-31-27)23-11-9-22(3)10-12-23/h5,7-14,19,21H,6,15-18,20H2,1-4H3. The number of nitrogens with zero attached hydrogens (tertiary/aromatic N) is 5. The predicted molar refractivity (Wildman–Crippen MR) is 145 cm³/mol. The first-order valence-electron chi connectivity index (χ1n) is 12.7. The number of rotatable bonds is 7. The van der Waals surface area contributed by atoms with Gasteiger partial charge < -0.3 is 19.4 Å². The van der Waals surface area contributed by atoms with Gasteiger partial charge in [0.2, 0.25) is 5.91 Å². The fraction of sp³-hybridized carbons (Fsp3) is 0.379. The van der Waals surface area contributed by atoms with Crippen LogP contribution in [0.5, 0.6) is 5.75 Å². The van der Waals surface area contributed by atoms with Crippen LogP contribution in [0.15, 0.2) is 60.7 Å². The maximum atomic E-state index is 13.3. The van der Waals surface area contributed by atoms with Crippen molar-refractivity contribution in [2.75, 3.05) is 44.7 Å². The van der Waals surface area contributed by atoms with Gasteiger partial charge in [0, 0.05) is 43.3 Å². The molecule has 0 aliphatic carbocycles. The highest BCUT2D eigenvalue weighted by Gasteiger charge is 2.26. The van der Waals surface area contributed by atoms with Crippen LogP contribution < -0.4 is 9.64 Å². The van der Waals surface area contributed by atoms with Crippen molar-refractivity contribution in [3.05, 3.63) is 71.8 Å². The summed E-state index contributed by atoms with van der Waals surface area (Å²) in [6.45, 7) is 8.62. The van der Waals surface area contributed by atoms with Gasteiger partial charge in [-0.2, -0.15) is 0 Å². The molecule has 3 aromatic rings. The fourth-order valence-electron chi connectivity index (χ4n) is 4.42. The Hall–Kier alpha value is -3.94. The van der Waals surface area contributed by atoms with Crippen LogP contribution in [-0.2, 0) is 4.79 Å². The van der Waals surface area contributed by atoms with Crippen molar-refractivity contribution in [3.8, 4) is 17.0 Å². The number of hydrogen-bond acceptors (Lipinski definition) is 6. The predicted octanol–water partition coefficient (Wildman–Crippen LogP) is 4.05. The molecule has 1 saturated heterocycles. The Balaban J connectivity index is 1.38. The summed E-state index contributed by atoms with van der Waals surface area (Å²) in [6, 6.07) is 19.1. The fourth-order valence-corrected chi connectivity index (χ4v) is 4.42. The van der Waals surface area contributed by atoms with Crippen molar-refractivity contribution in [2.45, 2.75) is 33.2 Å². The van der Waals surface area contributed by atoms with Crippen LogP contribution in [0.1, 0.15) is 36.2 Å². The smallest absolute Gasteiger partial charge is 0.254 e. The molecule has 8 nitrogen and oxygen atoms in total. The van der Waals surface area contributed by atoms with E-state index in [2.05, 4.69) is 34.2 Å². The lowest BCUT2D eigenvalue weighted by molar-refractivity contribution is -0.132. The number of anilines is 1. The molecule has 37 heavy (non-hydrogen) atoms. The maximum Gasteiger partial charge on any atom is 0.254 e. The van der Waals surface area contributed by atoms with Crippen LogP contribution in [0, 0.1) is 6.92 Å². The third kappa shape index (κ3) is 6.44. The molecule has 1 aliphatic rings. The molecular formula is C29H35N5O3. The Bertz CT molecular complexity index is 1210. The zero-order valence-corrected chi connectivity index (χ0v) is 22.1. The van der Waals surface area contributed by atoms with E-state index in [0.717, 1.165) is 30.0 Å². The summed E-state index contributed by atoms with van der Waals surface area (Å²) < 4.78 is 5.26. The third-order valence-corrected chi connectivity index (χ3v) is 6.68. The van der Waals surface area contributed by atoms with Gasteiger partial charge >= 0.3 is 0 Å². The van der Waals surface area contributed by atoms with E-state index in [4.69, 9.17) is 4.74 Å². The summed E-state index contributed by atoms with van der Waals surface area (Å²) in [5.41, 5.74) is 3.59. The van der Waals surface area contributed by atoms with Crippen molar-refractivity contribution in [1.82, 2.24) is 20.0 Å². The molecule has 194 valence electrons. The van der Waals surface area contributed by atoms with Crippen LogP contribution >= 0.6 is 0 Å².